The van der Waals surface area contributed by atoms with E-state index in [9.17, 15) is 14.9 Å². The molecular formula is C14H12ClN3O3S. The second-order valence-corrected chi connectivity index (χ2v) is 5.68. The molecule has 1 aromatic heterocycles. The van der Waals surface area contributed by atoms with E-state index in [4.69, 9.17) is 11.6 Å². The highest BCUT2D eigenvalue weighted by Crippen LogP contribution is 2.25. The first-order valence-electron chi connectivity index (χ1n) is 6.23. The zero-order chi connectivity index (χ0) is 16.1. The van der Waals surface area contributed by atoms with Gasteiger partial charge in [0.1, 0.15) is 5.03 Å². The molecule has 0 atom stereocenters. The van der Waals surface area contributed by atoms with Crippen LogP contribution in [0, 0.1) is 10.1 Å². The molecule has 0 saturated carbocycles. The van der Waals surface area contributed by atoms with Gasteiger partial charge in [-0.15, -0.1) is 0 Å². The molecule has 0 N–H and O–H groups in total. The van der Waals surface area contributed by atoms with E-state index in [0.29, 0.717) is 15.7 Å². The molecule has 22 heavy (non-hydrogen) atoms. The van der Waals surface area contributed by atoms with Crippen molar-refractivity contribution in [2.24, 2.45) is 0 Å². The number of pyridine rings is 1. The number of hydrogen-bond donors (Lipinski definition) is 0. The third-order valence-electron chi connectivity index (χ3n) is 2.88. The number of rotatable bonds is 5. The third-order valence-corrected chi connectivity index (χ3v) is 4.29. The second kappa shape index (κ2) is 7.24. The number of non-ortho nitro benzene ring substituents is 1. The van der Waals surface area contributed by atoms with E-state index in [0.717, 1.165) is 0 Å². The van der Waals surface area contributed by atoms with Crippen LogP contribution in [0.15, 0.2) is 47.6 Å². The van der Waals surface area contributed by atoms with Gasteiger partial charge >= 0.3 is 0 Å². The van der Waals surface area contributed by atoms with E-state index in [1.807, 2.05) is 0 Å². The summed E-state index contributed by atoms with van der Waals surface area (Å²) in [7, 11) is 1.62. The Hall–Kier alpha value is -2.12. The summed E-state index contributed by atoms with van der Waals surface area (Å²) in [6.07, 6.45) is 1.61. The summed E-state index contributed by atoms with van der Waals surface area (Å²) in [4.78, 5) is 27.8. The summed E-state index contributed by atoms with van der Waals surface area (Å²) < 4.78 is 0. The van der Waals surface area contributed by atoms with E-state index >= 15 is 0 Å². The minimum absolute atomic E-state index is 0.0146. The zero-order valence-electron chi connectivity index (χ0n) is 11.6. The Labute approximate surface area is 136 Å². The van der Waals surface area contributed by atoms with E-state index in [2.05, 4.69) is 4.98 Å². The number of carbonyl (C=O) groups is 1. The molecule has 0 saturated heterocycles. The van der Waals surface area contributed by atoms with Gasteiger partial charge in [0.25, 0.3) is 5.69 Å². The van der Waals surface area contributed by atoms with Crippen LogP contribution in [0.3, 0.4) is 0 Å². The third kappa shape index (κ3) is 3.96. The fourth-order valence-electron chi connectivity index (χ4n) is 1.65. The van der Waals surface area contributed by atoms with Gasteiger partial charge in [-0.1, -0.05) is 23.4 Å². The molecule has 0 aliphatic rings. The topological polar surface area (TPSA) is 76.3 Å². The lowest BCUT2D eigenvalue weighted by Gasteiger charge is -2.16. The number of hydrogen-bond acceptors (Lipinski definition) is 5. The largest absolute Gasteiger partial charge is 0.315 e. The maximum atomic E-state index is 12.1. The van der Waals surface area contributed by atoms with Gasteiger partial charge in [0.2, 0.25) is 5.91 Å². The highest BCUT2D eigenvalue weighted by molar-refractivity contribution is 8.00. The van der Waals surface area contributed by atoms with Crippen molar-refractivity contribution in [1.29, 1.82) is 0 Å². The number of carbonyl (C=O) groups excluding carboxylic acids is 1. The number of amides is 1. The van der Waals surface area contributed by atoms with Gasteiger partial charge in [0.05, 0.1) is 15.7 Å². The Morgan fingerprint density at radius 2 is 2.05 bits per heavy atom. The molecule has 0 aliphatic carbocycles. The predicted molar refractivity (Wildman–Crippen MR) is 86.5 cm³/mol. The van der Waals surface area contributed by atoms with Crippen molar-refractivity contribution in [2.45, 2.75) is 5.03 Å². The summed E-state index contributed by atoms with van der Waals surface area (Å²) in [6.45, 7) is 0. The number of benzene rings is 1. The quantitative estimate of drug-likeness (QED) is 0.475. The van der Waals surface area contributed by atoms with Crippen molar-refractivity contribution in [3.63, 3.8) is 0 Å². The number of thioether (sulfide) groups is 1. The summed E-state index contributed by atoms with van der Waals surface area (Å²) in [5.74, 6) is 0.0186. The van der Waals surface area contributed by atoms with Gasteiger partial charge in [0, 0.05) is 31.1 Å². The number of anilines is 1. The fourth-order valence-corrected chi connectivity index (χ4v) is 2.73. The Balaban J connectivity index is 2.00. The van der Waals surface area contributed by atoms with Crippen LogP contribution in [0.4, 0.5) is 11.4 Å². The Kier molecular flexibility index (Phi) is 5.35. The first kappa shape index (κ1) is 16.3. The average molecular weight is 338 g/mol. The van der Waals surface area contributed by atoms with Crippen LogP contribution < -0.4 is 4.90 Å². The number of aromatic nitrogens is 1. The van der Waals surface area contributed by atoms with Crippen LogP contribution in [-0.2, 0) is 4.79 Å². The maximum absolute atomic E-state index is 12.1. The van der Waals surface area contributed by atoms with Gasteiger partial charge in [-0.2, -0.15) is 0 Å². The fraction of sp³-hybridized carbons (Fsp3) is 0.143. The van der Waals surface area contributed by atoms with Gasteiger partial charge < -0.3 is 4.90 Å². The summed E-state index contributed by atoms with van der Waals surface area (Å²) in [6, 6.07) is 9.23. The predicted octanol–water partition coefficient (Wildman–Crippen LogP) is 3.40. The summed E-state index contributed by atoms with van der Waals surface area (Å²) in [5, 5.41) is 11.7. The van der Waals surface area contributed by atoms with Crippen LogP contribution >= 0.6 is 23.4 Å². The highest BCUT2D eigenvalue weighted by Gasteiger charge is 2.14. The molecule has 1 heterocycles. The molecule has 0 aliphatic heterocycles. The lowest BCUT2D eigenvalue weighted by Crippen LogP contribution is -2.27. The lowest BCUT2D eigenvalue weighted by molar-refractivity contribution is -0.384. The molecule has 0 radical (unpaired) electrons. The number of halogens is 1. The summed E-state index contributed by atoms with van der Waals surface area (Å²) >= 11 is 7.22. The first-order chi connectivity index (χ1) is 10.5. The SMILES string of the molecule is CN(C(=O)CSc1ncccc1Cl)c1ccc([N+](=O)[O-])cc1. The van der Waals surface area contributed by atoms with Crippen molar-refractivity contribution in [3.05, 3.63) is 57.7 Å². The molecule has 0 spiro atoms. The van der Waals surface area contributed by atoms with Crippen molar-refractivity contribution in [2.75, 3.05) is 17.7 Å². The molecule has 2 aromatic rings. The van der Waals surface area contributed by atoms with E-state index in [1.165, 1.54) is 40.9 Å². The molecule has 0 unspecified atom stereocenters. The van der Waals surface area contributed by atoms with Crippen LogP contribution in [-0.4, -0.2) is 28.6 Å². The van der Waals surface area contributed by atoms with Crippen molar-refractivity contribution in [3.8, 4) is 0 Å². The maximum Gasteiger partial charge on any atom is 0.269 e. The highest BCUT2D eigenvalue weighted by atomic mass is 35.5. The minimum atomic E-state index is -0.482. The molecular weight excluding hydrogens is 326 g/mol. The van der Waals surface area contributed by atoms with E-state index in [-0.39, 0.29) is 17.3 Å². The van der Waals surface area contributed by atoms with Crippen LogP contribution in [0.1, 0.15) is 0 Å². The summed E-state index contributed by atoms with van der Waals surface area (Å²) in [5.41, 5.74) is 0.572. The van der Waals surface area contributed by atoms with Gasteiger partial charge in [-0.25, -0.2) is 4.98 Å². The van der Waals surface area contributed by atoms with Crippen LogP contribution in [0.5, 0.6) is 0 Å². The average Bonchev–Trinajstić information content (AvgIpc) is 2.53. The molecule has 6 nitrogen and oxygen atoms in total. The molecule has 1 aromatic carbocycles. The van der Waals surface area contributed by atoms with Crippen molar-refractivity contribution >= 4 is 40.6 Å². The molecule has 8 heteroatoms. The van der Waals surface area contributed by atoms with E-state index < -0.39 is 4.92 Å². The number of nitro benzene ring substituents is 1. The zero-order valence-corrected chi connectivity index (χ0v) is 13.2. The molecule has 2 rings (SSSR count). The molecule has 0 fully saturated rings. The normalized spacial score (nSPS) is 10.3. The second-order valence-electron chi connectivity index (χ2n) is 4.31. The number of nitro groups is 1. The molecule has 1 amide bonds. The van der Waals surface area contributed by atoms with E-state index in [1.54, 1.807) is 25.4 Å². The number of nitrogens with zero attached hydrogens (tertiary/aromatic N) is 3. The van der Waals surface area contributed by atoms with Crippen LogP contribution in [0.2, 0.25) is 5.02 Å². The Bertz CT molecular complexity index is 694. The van der Waals surface area contributed by atoms with Crippen molar-refractivity contribution in [1.82, 2.24) is 4.98 Å². The first-order valence-corrected chi connectivity index (χ1v) is 7.59. The van der Waals surface area contributed by atoms with Gasteiger partial charge in [-0.05, 0) is 24.3 Å². The standard InChI is InChI=1S/C14H12ClN3O3S/c1-17(10-4-6-11(7-5-10)18(20)21)13(19)9-22-14-12(15)3-2-8-16-14/h2-8H,9H2,1H3. The van der Waals surface area contributed by atoms with Crippen molar-refractivity contribution < 1.29 is 9.72 Å². The monoisotopic (exact) mass is 337 g/mol. The molecule has 114 valence electrons. The smallest absolute Gasteiger partial charge is 0.269 e. The van der Waals surface area contributed by atoms with Crippen LogP contribution in [0.25, 0.3) is 0 Å². The van der Waals surface area contributed by atoms with Gasteiger partial charge in [-0.3, -0.25) is 14.9 Å². The minimum Gasteiger partial charge on any atom is -0.315 e. The van der Waals surface area contributed by atoms with Gasteiger partial charge in [0.15, 0.2) is 0 Å². The Morgan fingerprint density at radius 1 is 1.36 bits per heavy atom. The Morgan fingerprint density at radius 3 is 2.64 bits per heavy atom. The molecule has 0 bridgehead atoms. The lowest BCUT2D eigenvalue weighted by atomic mass is 10.2.